The van der Waals surface area contributed by atoms with Gasteiger partial charge in [0.25, 0.3) is 11.0 Å². The molecule has 0 heterocycles. The van der Waals surface area contributed by atoms with Crippen LogP contribution < -0.4 is 4.74 Å². The van der Waals surface area contributed by atoms with Crippen LogP contribution in [0.5, 0.6) is 5.75 Å². The highest BCUT2D eigenvalue weighted by molar-refractivity contribution is 7.67. The third-order valence-corrected chi connectivity index (χ3v) is 2.11. The third kappa shape index (κ3) is 3.76. The summed E-state index contributed by atoms with van der Waals surface area (Å²) in [5, 5.41) is 0. The first kappa shape index (κ1) is 11.0. The number of hydrogen-bond acceptors (Lipinski definition) is 4. The molecule has 0 aromatic heterocycles. The normalized spacial score (nSPS) is 10.4. The Hall–Kier alpha value is -1.07. The number of rotatable bonds is 5. The molecule has 0 saturated carbocycles. The molecule has 0 fully saturated rings. The topological polar surface area (TPSA) is 52.6 Å². The van der Waals surface area contributed by atoms with Crippen molar-refractivity contribution in [3.63, 3.8) is 0 Å². The van der Waals surface area contributed by atoms with Gasteiger partial charge in [-0.1, -0.05) is 12.1 Å². The second-order valence-electron chi connectivity index (χ2n) is 2.66. The van der Waals surface area contributed by atoms with E-state index in [0.717, 1.165) is 11.3 Å². The molecule has 0 aliphatic heterocycles. The number of benzene rings is 1. The molecule has 0 atom stereocenters. The average molecular weight is 216 g/mol. The SMILES string of the molecule is COc1cccc(CCO[SH](=O)=O)c1. The van der Waals surface area contributed by atoms with E-state index in [1.165, 1.54) is 0 Å². The largest absolute Gasteiger partial charge is 0.497 e. The molecular weight excluding hydrogens is 204 g/mol. The zero-order chi connectivity index (χ0) is 10.4. The highest BCUT2D eigenvalue weighted by Crippen LogP contribution is 2.12. The Bertz CT molecular complexity index is 352. The summed E-state index contributed by atoms with van der Waals surface area (Å²) in [6.45, 7) is 0.172. The quantitative estimate of drug-likeness (QED) is 0.739. The zero-order valence-corrected chi connectivity index (χ0v) is 8.70. The van der Waals surface area contributed by atoms with Crippen LogP contribution >= 0.6 is 0 Å². The zero-order valence-electron chi connectivity index (χ0n) is 7.80. The number of hydrogen-bond donors (Lipinski definition) is 1. The van der Waals surface area contributed by atoms with Crippen LogP contribution in [0.25, 0.3) is 0 Å². The Morgan fingerprint density at radius 2 is 2.14 bits per heavy atom. The van der Waals surface area contributed by atoms with Crippen molar-refractivity contribution < 1.29 is 17.3 Å². The molecule has 1 aromatic rings. The monoisotopic (exact) mass is 216 g/mol. The van der Waals surface area contributed by atoms with Crippen LogP contribution in [-0.2, 0) is 21.6 Å². The van der Waals surface area contributed by atoms with Crippen molar-refractivity contribution in [2.24, 2.45) is 0 Å². The summed E-state index contributed by atoms with van der Waals surface area (Å²) < 4.78 is 29.7. The van der Waals surface area contributed by atoms with E-state index in [9.17, 15) is 8.42 Å². The third-order valence-electron chi connectivity index (χ3n) is 1.72. The van der Waals surface area contributed by atoms with Gasteiger partial charge >= 0.3 is 0 Å². The summed E-state index contributed by atoms with van der Waals surface area (Å²) in [4.78, 5) is 0. The van der Waals surface area contributed by atoms with Crippen LogP contribution in [0, 0.1) is 0 Å². The second-order valence-corrected chi connectivity index (χ2v) is 3.36. The number of methoxy groups -OCH3 is 1. The Kier molecular flexibility index (Phi) is 4.42. The van der Waals surface area contributed by atoms with Gasteiger partial charge in [-0.25, -0.2) is 8.42 Å². The van der Waals surface area contributed by atoms with Gasteiger partial charge in [0.05, 0.1) is 13.7 Å². The fraction of sp³-hybridized carbons (Fsp3) is 0.333. The summed E-state index contributed by atoms with van der Waals surface area (Å²) in [5.74, 6) is 0.758. The molecular formula is C9H12O4S. The van der Waals surface area contributed by atoms with Crippen molar-refractivity contribution in [2.75, 3.05) is 13.7 Å². The van der Waals surface area contributed by atoms with Gasteiger partial charge in [0.2, 0.25) is 0 Å². The molecule has 0 radical (unpaired) electrons. The van der Waals surface area contributed by atoms with Crippen LogP contribution in [-0.4, -0.2) is 22.1 Å². The van der Waals surface area contributed by atoms with Gasteiger partial charge in [0.15, 0.2) is 0 Å². The van der Waals surface area contributed by atoms with E-state index in [1.54, 1.807) is 7.11 Å². The van der Waals surface area contributed by atoms with Gasteiger partial charge in [0.1, 0.15) is 5.75 Å². The molecule has 0 N–H and O–H groups in total. The minimum absolute atomic E-state index is 0.172. The Morgan fingerprint density at radius 3 is 2.79 bits per heavy atom. The van der Waals surface area contributed by atoms with Gasteiger partial charge in [-0.15, -0.1) is 0 Å². The van der Waals surface area contributed by atoms with Crippen molar-refractivity contribution in [3.8, 4) is 5.75 Å². The van der Waals surface area contributed by atoms with Gasteiger partial charge in [-0.3, -0.25) is 4.18 Å². The van der Waals surface area contributed by atoms with E-state index < -0.39 is 11.0 Å². The van der Waals surface area contributed by atoms with Gasteiger partial charge in [0, 0.05) is 0 Å². The van der Waals surface area contributed by atoms with Crippen molar-refractivity contribution in [3.05, 3.63) is 29.8 Å². The van der Waals surface area contributed by atoms with E-state index in [-0.39, 0.29) is 6.61 Å². The molecule has 78 valence electrons. The molecule has 4 nitrogen and oxygen atoms in total. The van der Waals surface area contributed by atoms with Crippen LogP contribution in [0.2, 0.25) is 0 Å². The maximum atomic E-state index is 10.1. The summed E-state index contributed by atoms with van der Waals surface area (Å²) in [7, 11) is -1.15. The fourth-order valence-corrected chi connectivity index (χ4v) is 1.31. The van der Waals surface area contributed by atoms with Crippen molar-refractivity contribution >= 4 is 11.0 Å². The molecule has 14 heavy (non-hydrogen) atoms. The molecule has 1 rings (SSSR count). The summed E-state index contributed by atoms with van der Waals surface area (Å²) in [6.07, 6.45) is 0.556. The minimum atomic E-state index is -2.74. The molecule has 0 unspecified atom stereocenters. The Balaban J connectivity index is 2.50. The fourth-order valence-electron chi connectivity index (χ4n) is 1.07. The summed E-state index contributed by atoms with van der Waals surface area (Å²) >= 11 is 0. The first-order valence-corrected chi connectivity index (χ1v) is 5.22. The molecule has 1 aromatic carbocycles. The van der Waals surface area contributed by atoms with Crippen LogP contribution in [0.1, 0.15) is 5.56 Å². The van der Waals surface area contributed by atoms with Crippen molar-refractivity contribution in [2.45, 2.75) is 6.42 Å². The van der Waals surface area contributed by atoms with Crippen molar-refractivity contribution in [1.29, 1.82) is 0 Å². The maximum absolute atomic E-state index is 10.1. The number of thiol groups is 1. The number of ether oxygens (including phenoxy) is 1. The van der Waals surface area contributed by atoms with Gasteiger partial charge in [-0.2, -0.15) is 0 Å². The molecule has 0 aliphatic rings. The Labute approximate surface area is 84.6 Å². The lowest BCUT2D eigenvalue weighted by Crippen LogP contribution is -1.97. The highest BCUT2D eigenvalue weighted by atomic mass is 32.2. The Morgan fingerprint density at radius 1 is 1.36 bits per heavy atom. The lowest BCUT2D eigenvalue weighted by Gasteiger charge is -2.02. The molecule has 0 aliphatic carbocycles. The van der Waals surface area contributed by atoms with E-state index in [4.69, 9.17) is 4.74 Å². The first-order valence-electron chi connectivity index (χ1n) is 4.12. The highest BCUT2D eigenvalue weighted by Gasteiger charge is 1.96. The van der Waals surface area contributed by atoms with Gasteiger partial charge in [-0.05, 0) is 24.1 Å². The van der Waals surface area contributed by atoms with E-state index in [1.807, 2.05) is 24.3 Å². The predicted octanol–water partition coefficient (Wildman–Crippen LogP) is 0.781. The van der Waals surface area contributed by atoms with Crippen LogP contribution in [0.15, 0.2) is 24.3 Å². The molecule has 0 saturated heterocycles. The van der Waals surface area contributed by atoms with Crippen LogP contribution in [0.4, 0.5) is 0 Å². The first-order chi connectivity index (χ1) is 6.72. The lowest BCUT2D eigenvalue weighted by atomic mass is 10.1. The average Bonchev–Trinajstić information content (AvgIpc) is 2.18. The molecule has 5 heteroatoms. The second kappa shape index (κ2) is 5.62. The smallest absolute Gasteiger partial charge is 0.257 e. The van der Waals surface area contributed by atoms with E-state index in [0.29, 0.717) is 6.42 Å². The minimum Gasteiger partial charge on any atom is -0.497 e. The molecule has 0 amide bonds. The summed E-state index contributed by atoms with van der Waals surface area (Å²) in [5.41, 5.74) is 0.987. The maximum Gasteiger partial charge on any atom is 0.257 e. The predicted molar refractivity (Wildman–Crippen MR) is 53.0 cm³/mol. The lowest BCUT2D eigenvalue weighted by molar-refractivity contribution is 0.337. The molecule has 0 bridgehead atoms. The van der Waals surface area contributed by atoms with Gasteiger partial charge < -0.3 is 4.74 Å². The van der Waals surface area contributed by atoms with Crippen molar-refractivity contribution in [1.82, 2.24) is 0 Å². The molecule has 0 spiro atoms. The van der Waals surface area contributed by atoms with E-state index >= 15 is 0 Å². The summed E-state index contributed by atoms with van der Waals surface area (Å²) in [6, 6.07) is 7.43. The van der Waals surface area contributed by atoms with E-state index in [2.05, 4.69) is 4.18 Å². The standard InChI is InChI=1S/C9H12O4S/c1-12-9-4-2-3-8(7-9)5-6-13-14(10)11/h2-4,7,14H,5-6H2,1H3. The van der Waals surface area contributed by atoms with Crippen LogP contribution in [0.3, 0.4) is 0 Å².